The van der Waals surface area contributed by atoms with E-state index >= 15 is 0 Å². The molecule has 0 bridgehead atoms. The third-order valence-electron chi connectivity index (χ3n) is 4.29. The number of nitrogen functional groups attached to an aromatic ring is 1. The van der Waals surface area contributed by atoms with Gasteiger partial charge in [-0.15, -0.1) is 0 Å². The Morgan fingerprint density at radius 3 is 2.71 bits per heavy atom. The predicted molar refractivity (Wildman–Crippen MR) is 87.4 cm³/mol. The minimum atomic E-state index is 0.0308. The zero-order valence-corrected chi connectivity index (χ0v) is 13.4. The molecule has 0 spiro atoms. The number of hydrogen-bond donors (Lipinski definition) is 2. The number of anilines is 2. The third kappa shape index (κ3) is 3.95. The van der Waals surface area contributed by atoms with Crippen LogP contribution in [-0.4, -0.2) is 54.5 Å². The number of likely N-dealkylation sites (N-methyl/N-ethyl adjacent to an activating group) is 1. The Kier molecular flexibility index (Phi) is 4.54. The second-order valence-electron chi connectivity index (χ2n) is 6.57. The highest BCUT2D eigenvalue weighted by Gasteiger charge is 2.31. The number of carbonyl (C=O) groups is 1. The summed E-state index contributed by atoms with van der Waals surface area (Å²) >= 11 is 0. The molecule has 3 N–H and O–H groups in total. The van der Waals surface area contributed by atoms with Gasteiger partial charge in [0.2, 0.25) is 5.91 Å². The number of benzene rings is 1. The third-order valence-corrected chi connectivity index (χ3v) is 4.29. The van der Waals surface area contributed by atoms with Crippen LogP contribution in [0.15, 0.2) is 18.2 Å². The molecule has 1 aromatic carbocycles. The van der Waals surface area contributed by atoms with Gasteiger partial charge in [0, 0.05) is 36.5 Å². The molecular formula is C16H26N4O. The smallest absolute Gasteiger partial charge is 0.238 e. The van der Waals surface area contributed by atoms with Crippen molar-refractivity contribution >= 4 is 17.3 Å². The molecule has 1 aliphatic rings. The van der Waals surface area contributed by atoms with Crippen molar-refractivity contribution in [1.29, 1.82) is 0 Å². The predicted octanol–water partition coefficient (Wildman–Crippen LogP) is 1.54. The maximum Gasteiger partial charge on any atom is 0.238 e. The topological polar surface area (TPSA) is 61.6 Å². The lowest BCUT2D eigenvalue weighted by atomic mass is 10.00. The summed E-state index contributed by atoms with van der Waals surface area (Å²) in [5.74, 6) is 0.0308. The van der Waals surface area contributed by atoms with Crippen LogP contribution in [0.4, 0.5) is 11.4 Å². The Labute approximate surface area is 127 Å². The Hall–Kier alpha value is -1.59. The molecule has 1 amide bonds. The first-order valence-electron chi connectivity index (χ1n) is 7.37. The molecule has 1 aromatic rings. The molecule has 0 atom stereocenters. The highest BCUT2D eigenvalue weighted by Crippen LogP contribution is 2.20. The zero-order chi connectivity index (χ0) is 15.6. The van der Waals surface area contributed by atoms with E-state index in [9.17, 15) is 4.79 Å². The molecule has 21 heavy (non-hydrogen) atoms. The Balaban J connectivity index is 1.93. The van der Waals surface area contributed by atoms with Crippen molar-refractivity contribution in [2.24, 2.45) is 0 Å². The van der Waals surface area contributed by atoms with Crippen LogP contribution in [0.3, 0.4) is 0 Å². The highest BCUT2D eigenvalue weighted by molar-refractivity contribution is 5.93. The Bertz CT molecular complexity index is 527. The van der Waals surface area contributed by atoms with Crippen molar-refractivity contribution in [2.45, 2.75) is 26.3 Å². The van der Waals surface area contributed by atoms with Crippen molar-refractivity contribution in [3.05, 3.63) is 23.8 Å². The minimum Gasteiger partial charge on any atom is -0.399 e. The van der Waals surface area contributed by atoms with Crippen molar-refractivity contribution < 1.29 is 4.79 Å². The van der Waals surface area contributed by atoms with E-state index in [2.05, 4.69) is 36.0 Å². The van der Waals surface area contributed by atoms with Crippen LogP contribution in [0, 0.1) is 6.92 Å². The normalized spacial score (nSPS) is 19.4. The molecule has 5 nitrogen and oxygen atoms in total. The molecule has 1 saturated heterocycles. The zero-order valence-electron chi connectivity index (χ0n) is 13.4. The van der Waals surface area contributed by atoms with E-state index in [0.717, 1.165) is 30.9 Å². The van der Waals surface area contributed by atoms with E-state index in [0.29, 0.717) is 12.2 Å². The van der Waals surface area contributed by atoms with Gasteiger partial charge in [-0.2, -0.15) is 0 Å². The molecule has 116 valence electrons. The van der Waals surface area contributed by atoms with E-state index in [1.807, 2.05) is 25.1 Å². The Morgan fingerprint density at radius 1 is 1.38 bits per heavy atom. The molecule has 1 aliphatic heterocycles. The van der Waals surface area contributed by atoms with E-state index < -0.39 is 0 Å². The van der Waals surface area contributed by atoms with Crippen LogP contribution in [0.25, 0.3) is 0 Å². The SMILES string of the molecule is Cc1cc(N)ccc1NC(=O)CN1CCN(C)C(C)(C)C1. The van der Waals surface area contributed by atoms with Crippen molar-refractivity contribution in [3.8, 4) is 0 Å². The Morgan fingerprint density at radius 2 is 2.10 bits per heavy atom. The maximum atomic E-state index is 12.2. The number of aryl methyl sites for hydroxylation is 1. The number of amides is 1. The minimum absolute atomic E-state index is 0.0308. The second kappa shape index (κ2) is 6.03. The van der Waals surface area contributed by atoms with E-state index in [-0.39, 0.29) is 11.4 Å². The first kappa shape index (κ1) is 15.8. The van der Waals surface area contributed by atoms with Crippen LogP contribution in [0.5, 0.6) is 0 Å². The van der Waals surface area contributed by atoms with E-state index in [4.69, 9.17) is 5.73 Å². The monoisotopic (exact) mass is 290 g/mol. The fourth-order valence-corrected chi connectivity index (χ4v) is 2.70. The van der Waals surface area contributed by atoms with Gasteiger partial charge in [-0.25, -0.2) is 0 Å². The molecule has 5 heteroatoms. The van der Waals surface area contributed by atoms with Crippen molar-refractivity contribution in [2.75, 3.05) is 44.3 Å². The van der Waals surface area contributed by atoms with Gasteiger partial charge in [-0.05, 0) is 51.6 Å². The molecular weight excluding hydrogens is 264 g/mol. The molecule has 2 rings (SSSR count). The molecule has 0 aromatic heterocycles. The maximum absolute atomic E-state index is 12.2. The summed E-state index contributed by atoms with van der Waals surface area (Å²) in [5, 5.41) is 2.97. The fourth-order valence-electron chi connectivity index (χ4n) is 2.70. The number of nitrogens with one attached hydrogen (secondary N) is 1. The van der Waals surface area contributed by atoms with Gasteiger partial charge in [0.25, 0.3) is 0 Å². The summed E-state index contributed by atoms with van der Waals surface area (Å²) in [4.78, 5) is 16.8. The van der Waals surface area contributed by atoms with Gasteiger partial charge in [-0.3, -0.25) is 14.6 Å². The molecule has 0 saturated carbocycles. The van der Waals surface area contributed by atoms with Crippen LogP contribution >= 0.6 is 0 Å². The number of carbonyl (C=O) groups excluding carboxylic acids is 1. The second-order valence-corrected chi connectivity index (χ2v) is 6.57. The highest BCUT2D eigenvalue weighted by atomic mass is 16.2. The molecule has 1 heterocycles. The number of piperazine rings is 1. The summed E-state index contributed by atoms with van der Waals surface area (Å²) in [6, 6.07) is 5.53. The summed E-state index contributed by atoms with van der Waals surface area (Å²) in [5.41, 5.74) is 8.37. The van der Waals surface area contributed by atoms with Crippen molar-refractivity contribution in [1.82, 2.24) is 9.80 Å². The fraction of sp³-hybridized carbons (Fsp3) is 0.562. The van der Waals surface area contributed by atoms with Gasteiger partial charge in [0.15, 0.2) is 0 Å². The summed E-state index contributed by atoms with van der Waals surface area (Å²) in [6.07, 6.45) is 0. The number of nitrogens with zero attached hydrogens (tertiary/aromatic N) is 2. The van der Waals surface area contributed by atoms with Crippen LogP contribution < -0.4 is 11.1 Å². The average Bonchev–Trinajstić information content (AvgIpc) is 2.37. The summed E-state index contributed by atoms with van der Waals surface area (Å²) < 4.78 is 0. The molecule has 0 radical (unpaired) electrons. The first-order chi connectivity index (χ1) is 9.78. The number of nitrogens with two attached hydrogens (primary N) is 1. The van der Waals surface area contributed by atoms with Gasteiger partial charge >= 0.3 is 0 Å². The summed E-state index contributed by atoms with van der Waals surface area (Å²) in [6.45, 7) is 9.61. The van der Waals surface area contributed by atoms with Crippen molar-refractivity contribution in [3.63, 3.8) is 0 Å². The van der Waals surface area contributed by atoms with E-state index in [1.54, 1.807) is 0 Å². The number of rotatable bonds is 3. The van der Waals surface area contributed by atoms with Crippen LogP contribution in [0.1, 0.15) is 19.4 Å². The molecule has 0 aliphatic carbocycles. The first-order valence-corrected chi connectivity index (χ1v) is 7.37. The van der Waals surface area contributed by atoms with Crippen LogP contribution in [0.2, 0.25) is 0 Å². The standard InChI is InChI=1S/C16H26N4O/c1-12-9-13(17)5-6-14(12)18-15(21)10-20-8-7-19(4)16(2,3)11-20/h5-6,9H,7-8,10-11,17H2,1-4H3,(H,18,21). The van der Waals surface area contributed by atoms with Crippen LogP contribution in [-0.2, 0) is 4.79 Å². The van der Waals surface area contributed by atoms with Gasteiger partial charge in [0.1, 0.15) is 0 Å². The quantitative estimate of drug-likeness (QED) is 0.829. The average molecular weight is 290 g/mol. The van der Waals surface area contributed by atoms with Gasteiger partial charge in [-0.1, -0.05) is 0 Å². The van der Waals surface area contributed by atoms with E-state index in [1.165, 1.54) is 0 Å². The van der Waals surface area contributed by atoms with Gasteiger partial charge in [0.05, 0.1) is 6.54 Å². The summed E-state index contributed by atoms with van der Waals surface area (Å²) in [7, 11) is 2.13. The lowest BCUT2D eigenvalue weighted by Crippen LogP contribution is -2.58. The lowest BCUT2D eigenvalue weighted by Gasteiger charge is -2.45. The molecule has 1 fully saturated rings. The largest absolute Gasteiger partial charge is 0.399 e. The number of hydrogen-bond acceptors (Lipinski definition) is 4. The van der Waals surface area contributed by atoms with Gasteiger partial charge < -0.3 is 11.1 Å². The molecule has 0 unspecified atom stereocenters. The lowest BCUT2D eigenvalue weighted by molar-refractivity contribution is -0.118.